The third-order valence-electron chi connectivity index (χ3n) is 4.31. The summed E-state index contributed by atoms with van der Waals surface area (Å²) in [5.74, 6) is -0.0560. The third-order valence-corrected chi connectivity index (χ3v) is 4.31. The van der Waals surface area contributed by atoms with Gasteiger partial charge in [-0.15, -0.1) is 12.4 Å². The van der Waals surface area contributed by atoms with Crippen molar-refractivity contribution in [3.63, 3.8) is 0 Å². The van der Waals surface area contributed by atoms with Crippen molar-refractivity contribution in [2.24, 2.45) is 5.73 Å². The second-order valence-electron chi connectivity index (χ2n) is 5.96. The predicted molar refractivity (Wildman–Crippen MR) is 106 cm³/mol. The van der Waals surface area contributed by atoms with Crippen molar-refractivity contribution >= 4 is 29.1 Å². The van der Waals surface area contributed by atoms with E-state index in [1.165, 1.54) is 10.8 Å². The highest BCUT2D eigenvalue weighted by Gasteiger charge is 2.15. The molecular weight excluding hydrogens is 332 g/mol. The Morgan fingerprint density at radius 1 is 1.00 bits per heavy atom. The first-order valence-corrected chi connectivity index (χ1v) is 8.27. The summed E-state index contributed by atoms with van der Waals surface area (Å²) < 4.78 is 0. The van der Waals surface area contributed by atoms with Crippen molar-refractivity contribution in [2.75, 3.05) is 6.54 Å². The van der Waals surface area contributed by atoms with Crippen LogP contribution in [-0.4, -0.2) is 12.5 Å². The summed E-state index contributed by atoms with van der Waals surface area (Å²) in [6, 6.07) is 22.0. The maximum Gasteiger partial charge on any atom is 0.252 e. The van der Waals surface area contributed by atoms with Crippen LogP contribution in [0.3, 0.4) is 0 Å². The van der Waals surface area contributed by atoms with E-state index in [1.54, 1.807) is 0 Å². The summed E-state index contributed by atoms with van der Waals surface area (Å²) in [6.07, 6.45) is 0.701. The maximum absolute atomic E-state index is 12.7. The van der Waals surface area contributed by atoms with E-state index < -0.39 is 0 Å². The molecule has 3 nitrogen and oxygen atoms in total. The number of benzene rings is 3. The van der Waals surface area contributed by atoms with Gasteiger partial charge in [-0.05, 0) is 47.9 Å². The van der Waals surface area contributed by atoms with Crippen molar-refractivity contribution in [3.8, 4) is 0 Å². The molecule has 1 amide bonds. The number of nitrogens with two attached hydrogens (primary N) is 1. The Morgan fingerprint density at radius 3 is 2.48 bits per heavy atom. The van der Waals surface area contributed by atoms with Gasteiger partial charge < -0.3 is 11.1 Å². The molecule has 3 aromatic carbocycles. The molecule has 130 valence electrons. The third kappa shape index (κ3) is 4.19. The number of nitrogens with one attached hydrogen (secondary N) is 1. The summed E-state index contributed by atoms with van der Waals surface area (Å²) in [4.78, 5) is 12.7. The first kappa shape index (κ1) is 19.0. The van der Waals surface area contributed by atoms with Crippen LogP contribution in [-0.2, 0) is 6.42 Å². The Morgan fingerprint density at radius 2 is 1.68 bits per heavy atom. The molecule has 0 bridgehead atoms. The van der Waals surface area contributed by atoms with Crippen LogP contribution in [0.5, 0.6) is 0 Å². The Hall–Kier alpha value is -2.36. The van der Waals surface area contributed by atoms with Gasteiger partial charge in [0.2, 0.25) is 0 Å². The smallest absolute Gasteiger partial charge is 0.252 e. The van der Waals surface area contributed by atoms with Crippen LogP contribution in [0.15, 0.2) is 66.7 Å². The van der Waals surface area contributed by atoms with Gasteiger partial charge in [0.15, 0.2) is 0 Å². The van der Waals surface area contributed by atoms with Gasteiger partial charge in [-0.3, -0.25) is 4.79 Å². The fourth-order valence-electron chi connectivity index (χ4n) is 3.10. The Labute approximate surface area is 154 Å². The molecule has 0 unspecified atom stereocenters. The fourth-order valence-corrected chi connectivity index (χ4v) is 3.10. The Kier molecular flexibility index (Phi) is 6.57. The van der Waals surface area contributed by atoms with Gasteiger partial charge in [-0.25, -0.2) is 0 Å². The Bertz CT molecular complexity index is 858. The summed E-state index contributed by atoms with van der Waals surface area (Å²) >= 11 is 0. The van der Waals surface area contributed by atoms with E-state index in [2.05, 4.69) is 29.6 Å². The topological polar surface area (TPSA) is 55.1 Å². The van der Waals surface area contributed by atoms with E-state index in [9.17, 15) is 4.79 Å². The number of hydrogen-bond donors (Lipinski definition) is 2. The summed E-state index contributed by atoms with van der Waals surface area (Å²) in [5, 5.41) is 5.47. The van der Waals surface area contributed by atoms with Gasteiger partial charge in [0.1, 0.15) is 0 Å². The van der Waals surface area contributed by atoms with E-state index in [0.29, 0.717) is 18.5 Å². The molecule has 0 saturated carbocycles. The molecule has 3 aromatic rings. The zero-order valence-corrected chi connectivity index (χ0v) is 15.1. The molecule has 0 saturated heterocycles. The highest BCUT2D eigenvalue weighted by Crippen LogP contribution is 2.24. The number of hydrogen-bond acceptors (Lipinski definition) is 2. The lowest BCUT2D eigenvalue weighted by atomic mass is 9.98. The lowest BCUT2D eigenvalue weighted by Crippen LogP contribution is -2.28. The van der Waals surface area contributed by atoms with E-state index in [1.807, 2.05) is 49.4 Å². The summed E-state index contributed by atoms with van der Waals surface area (Å²) in [6.45, 7) is 2.55. The van der Waals surface area contributed by atoms with Gasteiger partial charge >= 0.3 is 0 Å². The predicted octanol–water partition coefficient (Wildman–Crippen LogP) is 4.25. The molecule has 1 atom stereocenters. The SMILES string of the molecule is C[C@@H](NC(=O)c1ccccc1CCN)c1cccc2ccccc12.Cl. The van der Waals surface area contributed by atoms with Crippen LogP contribution in [0.1, 0.15) is 34.5 Å². The minimum Gasteiger partial charge on any atom is -0.345 e. The van der Waals surface area contributed by atoms with Gasteiger partial charge in [-0.2, -0.15) is 0 Å². The molecule has 25 heavy (non-hydrogen) atoms. The first-order valence-electron chi connectivity index (χ1n) is 8.27. The van der Waals surface area contributed by atoms with E-state index in [4.69, 9.17) is 5.73 Å². The summed E-state index contributed by atoms with van der Waals surface area (Å²) in [5.41, 5.74) is 8.47. The van der Waals surface area contributed by atoms with Gasteiger partial charge in [0.25, 0.3) is 5.91 Å². The van der Waals surface area contributed by atoms with Crippen molar-refractivity contribution in [3.05, 3.63) is 83.4 Å². The zero-order valence-electron chi connectivity index (χ0n) is 14.2. The van der Waals surface area contributed by atoms with Crippen molar-refractivity contribution < 1.29 is 4.79 Å². The second kappa shape index (κ2) is 8.65. The molecule has 0 radical (unpaired) electrons. The summed E-state index contributed by atoms with van der Waals surface area (Å²) in [7, 11) is 0. The molecule has 3 N–H and O–H groups in total. The van der Waals surface area contributed by atoms with Crippen molar-refractivity contribution in [1.82, 2.24) is 5.32 Å². The zero-order chi connectivity index (χ0) is 16.9. The lowest BCUT2D eigenvalue weighted by molar-refractivity contribution is 0.0939. The molecule has 4 heteroatoms. The first-order chi connectivity index (χ1) is 11.7. The fraction of sp³-hybridized carbons (Fsp3) is 0.190. The van der Waals surface area contributed by atoms with Crippen molar-refractivity contribution in [2.45, 2.75) is 19.4 Å². The minimum absolute atomic E-state index is 0. The quantitative estimate of drug-likeness (QED) is 0.719. The molecule has 0 spiro atoms. The van der Waals surface area contributed by atoms with Crippen LogP contribution >= 0.6 is 12.4 Å². The average Bonchev–Trinajstić information content (AvgIpc) is 2.62. The van der Waals surface area contributed by atoms with Crippen LogP contribution in [0, 0.1) is 0 Å². The number of carbonyl (C=O) groups is 1. The number of carbonyl (C=O) groups excluding carboxylic acids is 1. The minimum atomic E-state index is -0.0745. The van der Waals surface area contributed by atoms with Gasteiger partial charge in [-0.1, -0.05) is 60.7 Å². The van der Waals surface area contributed by atoms with Crippen molar-refractivity contribution in [1.29, 1.82) is 0 Å². The van der Waals surface area contributed by atoms with E-state index >= 15 is 0 Å². The monoisotopic (exact) mass is 354 g/mol. The van der Waals surface area contributed by atoms with Gasteiger partial charge in [0.05, 0.1) is 6.04 Å². The lowest BCUT2D eigenvalue weighted by Gasteiger charge is -2.18. The molecule has 0 aliphatic carbocycles. The molecule has 0 heterocycles. The van der Waals surface area contributed by atoms with E-state index in [0.717, 1.165) is 11.1 Å². The number of fused-ring (bicyclic) bond motifs is 1. The molecule has 0 aromatic heterocycles. The molecule has 3 rings (SSSR count). The Balaban J connectivity index is 0.00000225. The average molecular weight is 355 g/mol. The molecule has 0 aliphatic rings. The second-order valence-corrected chi connectivity index (χ2v) is 5.96. The van der Waals surface area contributed by atoms with Crippen LogP contribution in [0.4, 0.5) is 0 Å². The molecule has 0 aliphatic heterocycles. The highest BCUT2D eigenvalue weighted by atomic mass is 35.5. The standard InChI is InChI=1S/C21H22N2O.ClH/c1-15(18-12-6-9-16-7-2-4-10-19(16)18)23-21(24)20-11-5-3-8-17(20)13-14-22;/h2-12,15H,13-14,22H2,1H3,(H,23,24);1H/t15-;/m1./s1. The highest BCUT2D eigenvalue weighted by molar-refractivity contribution is 5.96. The molecular formula is C21H23ClN2O. The van der Waals surface area contributed by atoms with Crippen LogP contribution < -0.4 is 11.1 Å². The number of halogens is 1. The van der Waals surface area contributed by atoms with Crippen LogP contribution in [0.2, 0.25) is 0 Å². The van der Waals surface area contributed by atoms with Gasteiger partial charge in [0, 0.05) is 5.56 Å². The van der Waals surface area contributed by atoms with E-state index in [-0.39, 0.29) is 24.4 Å². The van der Waals surface area contributed by atoms with Crippen LogP contribution in [0.25, 0.3) is 10.8 Å². The largest absolute Gasteiger partial charge is 0.345 e. The maximum atomic E-state index is 12.7. The normalized spacial score (nSPS) is 11.6. The number of amides is 1. The molecule has 0 fully saturated rings. The number of rotatable bonds is 5.